The molecule has 0 aliphatic carbocycles. The van der Waals surface area contributed by atoms with Gasteiger partial charge in [-0.05, 0) is 47.0 Å². The number of carboxylic acids is 1. The van der Waals surface area contributed by atoms with Gasteiger partial charge < -0.3 is 19.5 Å². The van der Waals surface area contributed by atoms with Crippen molar-refractivity contribution in [3.8, 4) is 0 Å². The van der Waals surface area contributed by atoms with Gasteiger partial charge in [0.05, 0.1) is 11.5 Å². The second-order valence-corrected chi connectivity index (χ2v) is 6.84. The number of piperidine rings is 1. The van der Waals surface area contributed by atoms with Crippen molar-refractivity contribution in [2.75, 3.05) is 20.2 Å². The molecule has 21 heavy (non-hydrogen) atoms. The summed E-state index contributed by atoms with van der Waals surface area (Å²) in [7, 11) is 1.56. The molecule has 0 spiro atoms. The van der Waals surface area contributed by atoms with Crippen LogP contribution in [-0.2, 0) is 14.3 Å². The topological polar surface area (TPSA) is 76.1 Å². The molecule has 0 aromatic rings. The average Bonchev–Trinajstić information content (AvgIpc) is 2.36. The molecular formula is C15H27NO5. The lowest BCUT2D eigenvalue weighted by molar-refractivity contribution is -0.155. The SMILES string of the molecule is COC(C)CC1(C(=O)O)CCCN(C(=O)OC(C)(C)C)C1. The van der Waals surface area contributed by atoms with Crippen molar-refractivity contribution >= 4 is 12.1 Å². The normalized spacial score (nSPS) is 24.5. The Kier molecular flexibility index (Phi) is 5.61. The summed E-state index contributed by atoms with van der Waals surface area (Å²) in [4.78, 5) is 25.4. The van der Waals surface area contributed by atoms with Crippen molar-refractivity contribution in [2.24, 2.45) is 5.41 Å². The molecule has 0 radical (unpaired) electrons. The van der Waals surface area contributed by atoms with E-state index in [1.165, 1.54) is 4.90 Å². The largest absolute Gasteiger partial charge is 0.481 e. The number of carbonyl (C=O) groups is 2. The first-order valence-electron chi connectivity index (χ1n) is 7.34. The zero-order valence-corrected chi connectivity index (χ0v) is 13.6. The molecule has 1 amide bonds. The Balaban J connectivity index is 2.84. The summed E-state index contributed by atoms with van der Waals surface area (Å²) in [5, 5.41) is 9.63. The lowest BCUT2D eigenvalue weighted by Gasteiger charge is -2.41. The van der Waals surface area contributed by atoms with E-state index in [0.717, 1.165) is 0 Å². The second kappa shape index (κ2) is 6.64. The highest BCUT2D eigenvalue weighted by Gasteiger charge is 2.45. The molecule has 1 heterocycles. The molecular weight excluding hydrogens is 274 g/mol. The molecule has 0 saturated carbocycles. The summed E-state index contributed by atoms with van der Waals surface area (Å²) in [6, 6.07) is 0. The van der Waals surface area contributed by atoms with Gasteiger partial charge in [-0.25, -0.2) is 4.79 Å². The van der Waals surface area contributed by atoms with E-state index in [1.807, 2.05) is 6.92 Å². The van der Waals surface area contributed by atoms with Crippen LogP contribution < -0.4 is 0 Å². The number of methoxy groups -OCH3 is 1. The monoisotopic (exact) mass is 301 g/mol. The van der Waals surface area contributed by atoms with E-state index in [-0.39, 0.29) is 12.6 Å². The first kappa shape index (κ1) is 17.8. The smallest absolute Gasteiger partial charge is 0.410 e. The molecule has 1 fully saturated rings. The summed E-state index contributed by atoms with van der Waals surface area (Å²) in [6.45, 7) is 7.94. The predicted molar refractivity (Wildman–Crippen MR) is 78.2 cm³/mol. The van der Waals surface area contributed by atoms with Gasteiger partial charge in [0.1, 0.15) is 5.60 Å². The van der Waals surface area contributed by atoms with Crippen LogP contribution in [0, 0.1) is 5.41 Å². The highest BCUT2D eigenvalue weighted by atomic mass is 16.6. The van der Waals surface area contributed by atoms with Crippen LogP contribution in [0.25, 0.3) is 0 Å². The highest BCUT2D eigenvalue weighted by Crippen LogP contribution is 2.36. The van der Waals surface area contributed by atoms with E-state index in [2.05, 4.69) is 0 Å². The van der Waals surface area contributed by atoms with Crippen LogP contribution in [0.3, 0.4) is 0 Å². The Bertz CT molecular complexity index is 390. The van der Waals surface area contributed by atoms with Crippen LogP contribution >= 0.6 is 0 Å². The van der Waals surface area contributed by atoms with Crippen molar-refractivity contribution in [2.45, 2.75) is 58.7 Å². The molecule has 1 rings (SSSR count). The van der Waals surface area contributed by atoms with Crippen LogP contribution in [-0.4, -0.2) is 54.0 Å². The molecule has 1 saturated heterocycles. The first-order chi connectivity index (χ1) is 9.59. The van der Waals surface area contributed by atoms with Crippen LogP contribution in [0.5, 0.6) is 0 Å². The van der Waals surface area contributed by atoms with Gasteiger partial charge in [-0.15, -0.1) is 0 Å². The molecule has 0 bridgehead atoms. The number of likely N-dealkylation sites (tertiary alicyclic amines) is 1. The Morgan fingerprint density at radius 1 is 1.38 bits per heavy atom. The lowest BCUT2D eigenvalue weighted by atomic mass is 9.75. The third kappa shape index (κ3) is 4.88. The number of ether oxygens (including phenoxy) is 2. The number of hydrogen-bond donors (Lipinski definition) is 1. The quantitative estimate of drug-likeness (QED) is 0.863. The Morgan fingerprint density at radius 2 is 2.00 bits per heavy atom. The molecule has 1 N–H and O–H groups in total. The van der Waals surface area contributed by atoms with Crippen molar-refractivity contribution < 1.29 is 24.2 Å². The molecule has 0 aromatic heterocycles. The molecule has 1 aliphatic rings. The van der Waals surface area contributed by atoms with Gasteiger partial charge >= 0.3 is 12.1 Å². The summed E-state index contributed by atoms with van der Waals surface area (Å²) < 4.78 is 10.6. The van der Waals surface area contributed by atoms with Gasteiger partial charge in [0.2, 0.25) is 0 Å². The Hall–Kier alpha value is -1.30. The van der Waals surface area contributed by atoms with Crippen LogP contribution in [0.1, 0.15) is 47.0 Å². The van der Waals surface area contributed by atoms with E-state index in [4.69, 9.17) is 9.47 Å². The fraction of sp³-hybridized carbons (Fsp3) is 0.867. The number of carboxylic acid groups (broad SMARTS) is 1. The van der Waals surface area contributed by atoms with Gasteiger partial charge in [-0.1, -0.05) is 0 Å². The van der Waals surface area contributed by atoms with E-state index in [0.29, 0.717) is 25.8 Å². The zero-order chi connectivity index (χ0) is 16.3. The van der Waals surface area contributed by atoms with E-state index in [1.54, 1.807) is 27.9 Å². The maximum absolute atomic E-state index is 12.2. The minimum absolute atomic E-state index is 0.167. The molecule has 2 atom stereocenters. The minimum atomic E-state index is -0.954. The number of nitrogens with zero attached hydrogens (tertiary/aromatic N) is 1. The van der Waals surface area contributed by atoms with Crippen molar-refractivity contribution in [3.63, 3.8) is 0 Å². The van der Waals surface area contributed by atoms with Gasteiger partial charge in [-0.3, -0.25) is 4.79 Å². The summed E-state index contributed by atoms with van der Waals surface area (Å²) in [6.07, 6.45) is 0.979. The minimum Gasteiger partial charge on any atom is -0.481 e. The Morgan fingerprint density at radius 3 is 2.48 bits per heavy atom. The number of rotatable bonds is 4. The Labute approximate surface area is 126 Å². The fourth-order valence-electron chi connectivity index (χ4n) is 2.68. The molecule has 6 heteroatoms. The molecule has 1 aliphatic heterocycles. The average molecular weight is 301 g/mol. The van der Waals surface area contributed by atoms with Crippen molar-refractivity contribution in [3.05, 3.63) is 0 Å². The third-order valence-corrected chi connectivity index (χ3v) is 3.76. The highest BCUT2D eigenvalue weighted by molar-refractivity contribution is 5.77. The standard InChI is InChI=1S/C15H27NO5/c1-11(20-5)9-15(12(17)18)7-6-8-16(10-15)13(19)21-14(2,3)4/h11H,6-10H2,1-5H3,(H,17,18). The van der Waals surface area contributed by atoms with Gasteiger partial charge in [0.15, 0.2) is 0 Å². The van der Waals surface area contributed by atoms with Crippen molar-refractivity contribution in [1.29, 1.82) is 0 Å². The maximum Gasteiger partial charge on any atom is 0.410 e. The van der Waals surface area contributed by atoms with Crippen LogP contribution in [0.2, 0.25) is 0 Å². The molecule has 0 aromatic carbocycles. The van der Waals surface area contributed by atoms with E-state index < -0.39 is 23.1 Å². The number of amides is 1. The zero-order valence-electron chi connectivity index (χ0n) is 13.6. The summed E-state index contributed by atoms with van der Waals surface area (Å²) in [5.74, 6) is -0.875. The summed E-state index contributed by atoms with van der Waals surface area (Å²) in [5.41, 5.74) is -1.54. The fourth-order valence-corrected chi connectivity index (χ4v) is 2.68. The predicted octanol–water partition coefficient (Wildman–Crippen LogP) is 2.51. The number of hydrogen-bond acceptors (Lipinski definition) is 4. The van der Waals surface area contributed by atoms with Gasteiger partial charge in [-0.2, -0.15) is 0 Å². The number of carbonyl (C=O) groups excluding carboxylic acids is 1. The third-order valence-electron chi connectivity index (χ3n) is 3.76. The van der Waals surface area contributed by atoms with Crippen LogP contribution in [0.15, 0.2) is 0 Å². The lowest BCUT2D eigenvalue weighted by Crippen LogP contribution is -2.52. The van der Waals surface area contributed by atoms with E-state index >= 15 is 0 Å². The molecule has 6 nitrogen and oxygen atoms in total. The number of aliphatic carboxylic acids is 1. The van der Waals surface area contributed by atoms with Crippen molar-refractivity contribution in [1.82, 2.24) is 4.90 Å². The molecule has 2 unspecified atom stereocenters. The van der Waals surface area contributed by atoms with Gasteiger partial charge in [0.25, 0.3) is 0 Å². The molecule has 122 valence electrons. The summed E-state index contributed by atoms with van der Waals surface area (Å²) >= 11 is 0. The van der Waals surface area contributed by atoms with Crippen LogP contribution in [0.4, 0.5) is 4.79 Å². The first-order valence-corrected chi connectivity index (χ1v) is 7.34. The second-order valence-electron chi connectivity index (χ2n) is 6.84. The van der Waals surface area contributed by atoms with E-state index in [9.17, 15) is 14.7 Å². The van der Waals surface area contributed by atoms with Gasteiger partial charge in [0, 0.05) is 20.2 Å². The maximum atomic E-state index is 12.2.